The van der Waals surface area contributed by atoms with Crippen LogP contribution in [0.1, 0.15) is 18.4 Å². The maximum Gasteiger partial charge on any atom is 0.264 e. The minimum atomic E-state index is -3.92. The van der Waals surface area contributed by atoms with Crippen LogP contribution in [0.25, 0.3) is 0 Å². The molecule has 25 heavy (non-hydrogen) atoms. The van der Waals surface area contributed by atoms with E-state index in [-0.39, 0.29) is 11.3 Å². The summed E-state index contributed by atoms with van der Waals surface area (Å²) in [6.45, 7) is 0.791. The highest BCUT2D eigenvalue weighted by Crippen LogP contribution is 2.32. The van der Waals surface area contributed by atoms with E-state index in [1.807, 2.05) is 30.3 Å². The van der Waals surface area contributed by atoms with Gasteiger partial charge >= 0.3 is 0 Å². The Balaban J connectivity index is 1.58. The number of sulfonamides is 1. The van der Waals surface area contributed by atoms with Gasteiger partial charge in [0.25, 0.3) is 10.0 Å². The van der Waals surface area contributed by atoms with E-state index in [0.29, 0.717) is 31.1 Å². The van der Waals surface area contributed by atoms with Gasteiger partial charge in [0.2, 0.25) is 5.91 Å². The van der Waals surface area contributed by atoms with E-state index in [2.05, 4.69) is 4.72 Å². The molecule has 132 valence electrons. The van der Waals surface area contributed by atoms with Gasteiger partial charge in [-0.1, -0.05) is 30.3 Å². The molecule has 1 aliphatic heterocycles. The van der Waals surface area contributed by atoms with Gasteiger partial charge in [-0.25, -0.2) is 13.1 Å². The van der Waals surface area contributed by atoms with E-state index in [4.69, 9.17) is 9.47 Å². The molecule has 1 amide bonds. The topological polar surface area (TPSA) is 81.7 Å². The van der Waals surface area contributed by atoms with Gasteiger partial charge in [0, 0.05) is 12.5 Å². The maximum absolute atomic E-state index is 12.3. The van der Waals surface area contributed by atoms with E-state index in [0.717, 1.165) is 12.0 Å². The molecule has 0 bridgehead atoms. The first-order valence-electron chi connectivity index (χ1n) is 8.04. The van der Waals surface area contributed by atoms with Crippen molar-refractivity contribution in [2.45, 2.75) is 24.2 Å². The first-order valence-corrected chi connectivity index (χ1v) is 9.52. The highest BCUT2D eigenvalue weighted by atomic mass is 32.2. The first-order chi connectivity index (χ1) is 12.0. The van der Waals surface area contributed by atoms with Gasteiger partial charge in [0.1, 0.15) is 13.2 Å². The quantitative estimate of drug-likeness (QED) is 0.854. The third-order valence-corrected chi connectivity index (χ3v) is 5.16. The summed E-state index contributed by atoms with van der Waals surface area (Å²) in [6, 6.07) is 14.0. The number of nitrogens with one attached hydrogen (secondary N) is 1. The van der Waals surface area contributed by atoms with Crippen molar-refractivity contribution in [2.75, 3.05) is 13.2 Å². The van der Waals surface area contributed by atoms with Crippen LogP contribution in [0.3, 0.4) is 0 Å². The lowest BCUT2D eigenvalue weighted by Crippen LogP contribution is -2.30. The Bertz CT molecular complexity index is 849. The molecule has 0 aromatic heterocycles. The fraction of sp³-hybridized carbons (Fsp3) is 0.278. The van der Waals surface area contributed by atoms with Gasteiger partial charge < -0.3 is 9.47 Å². The molecule has 0 saturated heterocycles. The molecule has 0 atom stereocenters. The number of hydrogen-bond acceptors (Lipinski definition) is 5. The summed E-state index contributed by atoms with van der Waals surface area (Å²) >= 11 is 0. The van der Waals surface area contributed by atoms with Crippen LogP contribution in [0.4, 0.5) is 0 Å². The SMILES string of the molecule is O=C(CCCc1ccccc1)NS(=O)(=O)c1ccc2c(c1)OCCO2. The second-order valence-electron chi connectivity index (χ2n) is 5.67. The number of aryl methyl sites for hydroxylation is 1. The molecule has 0 unspecified atom stereocenters. The summed E-state index contributed by atoms with van der Waals surface area (Å²) in [7, 11) is -3.92. The standard InChI is InChI=1S/C18H19NO5S/c20-18(8-4-7-14-5-2-1-3-6-14)19-25(21,22)15-9-10-16-17(13-15)24-12-11-23-16/h1-3,5-6,9-10,13H,4,7-8,11-12H2,(H,19,20). The van der Waals surface area contributed by atoms with Crippen molar-refractivity contribution in [1.29, 1.82) is 0 Å². The van der Waals surface area contributed by atoms with Crippen LogP contribution in [0.5, 0.6) is 11.5 Å². The molecule has 0 saturated carbocycles. The van der Waals surface area contributed by atoms with Crippen LogP contribution in [0.2, 0.25) is 0 Å². The largest absolute Gasteiger partial charge is 0.486 e. The van der Waals surface area contributed by atoms with Gasteiger partial charge in [-0.15, -0.1) is 0 Å². The summed E-state index contributed by atoms with van der Waals surface area (Å²) in [5.74, 6) is 0.343. The van der Waals surface area contributed by atoms with Crippen molar-refractivity contribution < 1.29 is 22.7 Å². The smallest absolute Gasteiger partial charge is 0.264 e. The number of amides is 1. The van der Waals surface area contributed by atoms with Gasteiger partial charge in [0.15, 0.2) is 11.5 Å². The van der Waals surface area contributed by atoms with E-state index in [9.17, 15) is 13.2 Å². The van der Waals surface area contributed by atoms with Crippen molar-refractivity contribution in [3.63, 3.8) is 0 Å². The zero-order valence-corrected chi connectivity index (χ0v) is 14.4. The molecule has 1 aliphatic rings. The molecule has 0 aliphatic carbocycles. The summed E-state index contributed by atoms with van der Waals surface area (Å²) in [6.07, 6.45) is 1.43. The lowest BCUT2D eigenvalue weighted by Gasteiger charge is -2.18. The third kappa shape index (κ3) is 4.51. The monoisotopic (exact) mass is 361 g/mol. The molecule has 6 nitrogen and oxygen atoms in total. The Labute approximate surface area is 146 Å². The van der Waals surface area contributed by atoms with E-state index in [1.54, 1.807) is 0 Å². The van der Waals surface area contributed by atoms with E-state index < -0.39 is 15.9 Å². The molecular formula is C18H19NO5S. The van der Waals surface area contributed by atoms with Crippen molar-refractivity contribution >= 4 is 15.9 Å². The number of rotatable bonds is 6. The molecule has 3 rings (SSSR count). The van der Waals surface area contributed by atoms with Crippen molar-refractivity contribution in [1.82, 2.24) is 4.72 Å². The molecule has 1 N–H and O–H groups in total. The number of carbonyl (C=O) groups excluding carboxylic acids is 1. The Morgan fingerprint density at radius 3 is 2.48 bits per heavy atom. The lowest BCUT2D eigenvalue weighted by atomic mass is 10.1. The van der Waals surface area contributed by atoms with Crippen LogP contribution in [0.15, 0.2) is 53.4 Å². The van der Waals surface area contributed by atoms with Crippen molar-refractivity contribution in [3.8, 4) is 11.5 Å². The number of carbonyl (C=O) groups is 1. The molecule has 1 heterocycles. The van der Waals surface area contributed by atoms with Crippen LogP contribution < -0.4 is 14.2 Å². The minimum absolute atomic E-state index is 0.0202. The maximum atomic E-state index is 12.3. The molecule has 0 radical (unpaired) electrons. The number of fused-ring (bicyclic) bond motifs is 1. The molecule has 7 heteroatoms. The molecular weight excluding hydrogens is 342 g/mol. The Morgan fingerprint density at radius 2 is 1.72 bits per heavy atom. The first kappa shape index (κ1) is 17.3. The highest BCUT2D eigenvalue weighted by molar-refractivity contribution is 7.90. The minimum Gasteiger partial charge on any atom is -0.486 e. The van der Waals surface area contributed by atoms with Gasteiger partial charge in [-0.3, -0.25) is 4.79 Å². The third-order valence-electron chi connectivity index (χ3n) is 3.78. The molecule has 2 aromatic carbocycles. The van der Waals surface area contributed by atoms with Crippen LogP contribution in [-0.2, 0) is 21.2 Å². The molecule has 2 aromatic rings. The second-order valence-corrected chi connectivity index (χ2v) is 7.36. The fourth-order valence-electron chi connectivity index (χ4n) is 2.55. The second kappa shape index (κ2) is 7.57. The van der Waals surface area contributed by atoms with Gasteiger partial charge in [0.05, 0.1) is 4.90 Å². The number of hydrogen-bond donors (Lipinski definition) is 1. The van der Waals surface area contributed by atoms with Gasteiger partial charge in [-0.05, 0) is 30.5 Å². The van der Waals surface area contributed by atoms with Crippen molar-refractivity contribution in [2.24, 2.45) is 0 Å². The van der Waals surface area contributed by atoms with Crippen molar-refractivity contribution in [3.05, 3.63) is 54.1 Å². The number of ether oxygens (including phenoxy) is 2. The predicted molar refractivity (Wildman–Crippen MR) is 92.1 cm³/mol. The Morgan fingerprint density at radius 1 is 1.00 bits per heavy atom. The zero-order chi connectivity index (χ0) is 17.7. The molecule has 0 spiro atoms. The van der Waals surface area contributed by atoms with E-state index in [1.165, 1.54) is 18.2 Å². The average Bonchev–Trinajstić information content (AvgIpc) is 2.62. The van der Waals surface area contributed by atoms with Crippen LogP contribution in [-0.4, -0.2) is 27.5 Å². The number of benzene rings is 2. The Hall–Kier alpha value is -2.54. The lowest BCUT2D eigenvalue weighted by molar-refractivity contribution is -0.119. The summed E-state index contributed by atoms with van der Waals surface area (Å²) in [4.78, 5) is 11.9. The Kier molecular flexibility index (Phi) is 5.23. The van der Waals surface area contributed by atoms with Gasteiger partial charge in [-0.2, -0.15) is 0 Å². The van der Waals surface area contributed by atoms with E-state index >= 15 is 0 Å². The van der Waals surface area contributed by atoms with Crippen LogP contribution >= 0.6 is 0 Å². The summed E-state index contributed by atoms with van der Waals surface area (Å²) < 4.78 is 37.5. The summed E-state index contributed by atoms with van der Waals surface area (Å²) in [5, 5.41) is 0. The zero-order valence-electron chi connectivity index (χ0n) is 13.6. The fourth-order valence-corrected chi connectivity index (χ4v) is 3.58. The molecule has 0 fully saturated rings. The highest BCUT2D eigenvalue weighted by Gasteiger charge is 2.21. The average molecular weight is 361 g/mol. The predicted octanol–water partition coefficient (Wildman–Crippen LogP) is 2.29. The van der Waals surface area contributed by atoms with Crippen LogP contribution in [0, 0.1) is 0 Å². The summed E-state index contributed by atoms with van der Waals surface area (Å²) in [5.41, 5.74) is 1.12. The normalized spacial score (nSPS) is 13.3.